The van der Waals surface area contributed by atoms with E-state index in [0.29, 0.717) is 13.2 Å². The molecule has 3 heterocycles. The summed E-state index contributed by atoms with van der Waals surface area (Å²) < 4.78 is 13.3. The minimum absolute atomic E-state index is 0.000173. The number of nitrogens with one attached hydrogen (secondary N) is 1. The number of aromatic nitrogens is 2. The molecule has 126 valence electrons. The van der Waals surface area contributed by atoms with Crippen molar-refractivity contribution < 1.29 is 14.3 Å². The van der Waals surface area contributed by atoms with E-state index >= 15 is 0 Å². The Kier molecular flexibility index (Phi) is 3.98. The van der Waals surface area contributed by atoms with Gasteiger partial charge in [-0.3, -0.25) is 9.48 Å². The van der Waals surface area contributed by atoms with E-state index in [0.717, 1.165) is 29.8 Å². The van der Waals surface area contributed by atoms with Gasteiger partial charge in [0.05, 0.1) is 17.7 Å². The van der Waals surface area contributed by atoms with Crippen LogP contribution < -0.4 is 10.1 Å². The van der Waals surface area contributed by atoms with Crippen LogP contribution in [0, 0.1) is 5.92 Å². The number of hydrogen-bond acceptors (Lipinski definition) is 4. The Morgan fingerprint density at radius 3 is 3.04 bits per heavy atom. The van der Waals surface area contributed by atoms with Crippen molar-refractivity contribution in [1.29, 1.82) is 0 Å². The summed E-state index contributed by atoms with van der Waals surface area (Å²) in [6.45, 7) is 1.10. The van der Waals surface area contributed by atoms with Crippen molar-refractivity contribution in [2.24, 2.45) is 13.0 Å². The monoisotopic (exact) mass is 327 g/mol. The minimum Gasteiger partial charge on any atom is -0.491 e. The zero-order valence-corrected chi connectivity index (χ0v) is 13.6. The highest BCUT2D eigenvalue weighted by Gasteiger charge is 2.37. The first kappa shape index (κ1) is 15.2. The van der Waals surface area contributed by atoms with Crippen molar-refractivity contribution in [2.45, 2.75) is 25.0 Å². The third-order valence-electron chi connectivity index (χ3n) is 4.80. The van der Waals surface area contributed by atoms with Crippen molar-refractivity contribution in [3.63, 3.8) is 0 Å². The predicted octanol–water partition coefficient (Wildman–Crippen LogP) is 1.62. The molecule has 1 N–H and O–H groups in total. The third-order valence-corrected chi connectivity index (χ3v) is 4.80. The zero-order chi connectivity index (χ0) is 16.5. The first-order valence-corrected chi connectivity index (χ1v) is 8.33. The van der Waals surface area contributed by atoms with Crippen molar-refractivity contribution in [2.75, 3.05) is 13.2 Å². The van der Waals surface area contributed by atoms with Gasteiger partial charge in [-0.15, -0.1) is 0 Å². The average molecular weight is 327 g/mol. The molecule has 1 aromatic carbocycles. The van der Waals surface area contributed by atoms with Crippen LogP contribution in [0.2, 0.25) is 0 Å². The molecule has 0 aliphatic carbocycles. The highest BCUT2D eigenvalue weighted by molar-refractivity contribution is 5.80. The fourth-order valence-electron chi connectivity index (χ4n) is 3.54. The number of para-hydroxylation sites is 1. The van der Waals surface area contributed by atoms with E-state index in [2.05, 4.69) is 10.4 Å². The first-order chi connectivity index (χ1) is 11.7. The number of carbonyl (C=O) groups is 1. The van der Waals surface area contributed by atoms with Gasteiger partial charge in [0.1, 0.15) is 18.5 Å². The van der Waals surface area contributed by atoms with Crippen molar-refractivity contribution in [1.82, 2.24) is 15.1 Å². The number of rotatable bonds is 3. The number of nitrogens with zero attached hydrogens (tertiary/aromatic N) is 2. The van der Waals surface area contributed by atoms with Gasteiger partial charge >= 0.3 is 0 Å². The molecule has 0 saturated carbocycles. The highest BCUT2D eigenvalue weighted by atomic mass is 16.5. The summed E-state index contributed by atoms with van der Waals surface area (Å²) >= 11 is 0. The lowest BCUT2D eigenvalue weighted by atomic mass is 9.96. The highest BCUT2D eigenvalue weighted by Crippen LogP contribution is 2.34. The fraction of sp³-hybridized carbons (Fsp3) is 0.444. The molecule has 1 amide bonds. The molecule has 6 heteroatoms. The summed E-state index contributed by atoms with van der Waals surface area (Å²) in [5.74, 6) is 0.768. The van der Waals surface area contributed by atoms with Gasteiger partial charge in [-0.05, 0) is 30.5 Å². The maximum Gasteiger partial charge on any atom is 0.226 e. The van der Waals surface area contributed by atoms with Crippen LogP contribution in [0.15, 0.2) is 36.5 Å². The second-order valence-corrected chi connectivity index (χ2v) is 6.39. The molecule has 0 bridgehead atoms. The number of ether oxygens (including phenoxy) is 2. The number of benzene rings is 1. The number of amides is 1. The van der Waals surface area contributed by atoms with Crippen LogP contribution in [-0.4, -0.2) is 34.9 Å². The second kappa shape index (κ2) is 6.28. The Balaban J connectivity index is 1.44. The average Bonchev–Trinajstić information content (AvgIpc) is 3.23. The van der Waals surface area contributed by atoms with Crippen molar-refractivity contribution in [3.8, 4) is 5.75 Å². The van der Waals surface area contributed by atoms with Gasteiger partial charge in [0.15, 0.2) is 0 Å². The van der Waals surface area contributed by atoms with Gasteiger partial charge in [-0.2, -0.15) is 5.10 Å². The van der Waals surface area contributed by atoms with Gasteiger partial charge in [0.2, 0.25) is 5.91 Å². The summed E-state index contributed by atoms with van der Waals surface area (Å²) in [6, 6.07) is 9.89. The van der Waals surface area contributed by atoms with Crippen molar-refractivity contribution in [3.05, 3.63) is 47.8 Å². The molecule has 4 rings (SSSR count). The summed E-state index contributed by atoms with van der Waals surface area (Å²) in [4.78, 5) is 12.8. The van der Waals surface area contributed by atoms with E-state index in [4.69, 9.17) is 9.47 Å². The molecule has 1 aromatic heterocycles. The van der Waals surface area contributed by atoms with Crippen LogP contribution in [0.3, 0.4) is 0 Å². The Hall–Kier alpha value is -2.34. The van der Waals surface area contributed by atoms with Gasteiger partial charge in [-0.1, -0.05) is 18.2 Å². The maximum absolute atomic E-state index is 12.8. The maximum atomic E-state index is 12.8. The van der Waals surface area contributed by atoms with Crippen LogP contribution in [0.25, 0.3) is 0 Å². The number of fused-ring (bicyclic) bond motifs is 1. The topological polar surface area (TPSA) is 65.4 Å². The first-order valence-electron chi connectivity index (χ1n) is 8.33. The molecule has 6 nitrogen and oxygen atoms in total. The third kappa shape index (κ3) is 2.78. The van der Waals surface area contributed by atoms with Crippen LogP contribution in [0.5, 0.6) is 5.75 Å². The molecule has 1 unspecified atom stereocenters. The lowest BCUT2D eigenvalue weighted by molar-refractivity contribution is -0.128. The Morgan fingerprint density at radius 1 is 1.33 bits per heavy atom. The van der Waals surface area contributed by atoms with E-state index in [1.807, 2.05) is 37.4 Å². The van der Waals surface area contributed by atoms with Gasteiger partial charge in [0, 0.05) is 19.9 Å². The molecule has 2 aromatic rings. The standard InChI is InChI=1S/C18H21N3O3/c1-21-15(6-8-19-21)17-14(7-9-23-17)18(22)20-13-10-12-4-2-3-5-16(12)24-11-13/h2-6,8,13-14,17H,7,9-11H2,1H3,(H,20,22)/t13?,14-,17-/m1/s1. The predicted molar refractivity (Wildman–Crippen MR) is 87.6 cm³/mol. The number of carbonyl (C=O) groups excluding carboxylic acids is 1. The molecular weight excluding hydrogens is 306 g/mol. The minimum atomic E-state index is -0.228. The smallest absolute Gasteiger partial charge is 0.226 e. The van der Waals surface area contributed by atoms with E-state index in [9.17, 15) is 4.79 Å². The summed E-state index contributed by atoms with van der Waals surface area (Å²) in [5, 5.41) is 7.32. The molecule has 2 aliphatic rings. The van der Waals surface area contributed by atoms with E-state index in [1.165, 1.54) is 0 Å². The van der Waals surface area contributed by atoms with E-state index < -0.39 is 0 Å². The quantitative estimate of drug-likeness (QED) is 0.930. The normalized spacial score (nSPS) is 25.8. The lowest BCUT2D eigenvalue weighted by Gasteiger charge is -2.28. The van der Waals surface area contributed by atoms with Gasteiger partial charge < -0.3 is 14.8 Å². The van der Waals surface area contributed by atoms with E-state index in [1.54, 1.807) is 10.9 Å². The van der Waals surface area contributed by atoms with Crippen LogP contribution in [0.1, 0.15) is 23.8 Å². The second-order valence-electron chi connectivity index (χ2n) is 6.39. The molecule has 0 radical (unpaired) electrons. The Morgan fingerprint density at radius 2 is 2.21 bits per heavy atom. The molecule has 24 heavy (non-hydrogen) atoms. The zero-order valence-electron chi connectivity index (χ0n) is 13.6. The summed E-state index contributed by atoms with van der Waals surface area (Å²) in [6.07, 6.45) is 3.03. The molecule has 2 aliphatic heterocycles. The molecular formula is C18H21N3O3. The summed E-state index contributed by atoms with van der Waals surface area (Å²) in [7, 11) is 1.87. The van der Waals surface area contributed by atoms with Crippen LogP contribution in [0.4, 0.5) is 0 Å². The van der Waals surface area contributed by atoms with Crippen LogP contribution >= 0.6 is 0 Å². The SMILES string of the molecule is Cn1nccc1[C@@H]1OCC[C@H]1C(=O)NC1COc2ccccc2C1. The lowest BCUT2D eigenvalue weighted by Crippen LogP contribution is -2.45. The van der Waals surface area contributed by atoms with Gasteiger partial charge in [-0.25, -0.2) is 0 Å². The Bertz CT molecular complexity index is 743. The largest absolute Gasteiger partial charge is 0.491 e. The van der Waals surface area contributed by atoms with Crippen molar-refractivity contribution >= 4 is 5.91 Å². The molecule has 1 fully saturated rings. The van der Waals surface area contributed by atoms with E-state index in [-0.39, 0.29) is 24.0 Å². The summed E-state index contributed by atoms with van der Waals surface area (Å²) in [5.41, 5.74) is 2.08. The molecule has 1 saturated heterocycles. The molecule has 0 spiro atoms. The van der Waals surface area contributed by atoms with Gasteiger partial charge in [0.25, 0.3) is 0 Å². The number of hydrogen-bond donors (Lipinski definition) is 1. The molecule has 3 atom stereocenters. The fourth-order valence-corrected chi connectivity index (χ4v) is 3.54. The van der Waals surface area contributed by atoms with Crippen LogP contribution in [-0.2, 0) is 23.0 Å². The number of aryl methyl sites for hydroxylation is 1. The Labute approximate surface area is 140 Å².